The van der Waals surface area contributed by atoms with Crippen molar-refractivity contribution in [3.05, 3.63) is 41.5 Å². The molecule has 0 aliphatic heterocycles. The highest BCUT2D eigenvalue weighted by Crippen LogP contribution is 2.27. The second-order valence-electron chi connectivity index (χ2n) is 4.31. The van der Waals surface area contributed by atoms with Crippen LogP contribution in [0.2, 0.25) is 0 Å². The highest BCUT2D eigenvalue weighted by Gasteiger charge is 2.22. The summed E-state index contributed by atoms with van der Waals surface area (Å²) in [5.41, 5.74) is 1.30. The molecule has 0 radical (unpaired) electrons. The van der Waals surface area contributed by atoms with Crippen LogP contribution in [-0.2, 0) is 0 Å². The van der Waals surface area contributed by atoms with Gasteiger partial charge in [0.25, 0.3) is 0 Å². The zero-order valence-electron chi connectivity index (χ0n) is 11.0. The zero-order valence-corrected chi connectivity index (χ0v) is 11.0. The van der Waals surface area contributed by atoms with Crippen molar-refractivity contribution in [1.29, 1.82) is 5.26 Å². The Morgan fingerprint density at radius 3 is 2.58 bits per heavy atom. The lowest BCUT2D eigenvalue weighted by molar-refractivity contribution is 0.569. The van der Waals surface area contributed by atoms with Crippen molar-refractivity contribution in [1.82, 2.24) is 15.0 Å². The molecule has 0 saturated carbocycles. The van der Waals surface area contributed by atoms with E-state index in [9.17, 15) is 4.39 Å². The molecule has 0 unspecified atom stereocenters. The van der Waals surface area contributed by atoms with Gasteiger partial charge in [0.15, 0.2) is 5.69 Å². The summed E-state index contributed by atoms with van der Waals surface area (Å²) in [6.07, 6.45) is 1.71. The molecule has 1 aromatic carbocycles. The molecular weight excluding hydrogens is 243 g/mol. The number of para-hydroxylation sites is 1. The van der Waals surface area contributed by atoms with Crippen molar-refractivity contribution in [3.8, 4) is 11.8 Å². The molecule has 2 aromatic rings. The van der Waals surface area contributed by atoms with Crippen molar-refractivity contribution in [2.45, 2.75) is 32.6 Å². The molecule has 1 heterocycles. The number of benzene rings is 1. The maximum absolute atomic E-state index is 13.9. The minimum Gasteiger partial charge on any atom is -0.213 e. The van der Waals surface area contributed by atoms with Crippen LogP contribution in [0.4, 0.5) is 4.39 Å². The maximum Gasteiger partial charge on any atom is 0.186 e. The van der Waals surface area contributed by atoms with Crippen LogP contribution in [0.3, 0.4) is 0 Å². The largest absolute Gasteiger partial charge is 0.213 e. The topological polar surface area (TPSA) is 54.5 Å². The fourth-order valence-corrected chi connectivity index (χ4v) is 2.21. The van der Waals surface area contributed by atoms with E-state index < -0.39 is 0 Å². The summed E-state index contributed by atoms with van der Waals surface area (Å²) >= 11 is 0. The first kappa shape index (κ1) is 13.2. The van der Waals surface area contributed by atoms with Gasteiger partial charge in [-0.1, -0.05) is 31.2 Å². The van der Waals surface area contributed by atoms with Gasteiger partial charge in [0, 0.05) is 5.92 Å². The smallest absolute Gasteiger partial charge is 0.186 e. The van der Waals surface area contributed by atoms with E-state index in [-0.39, 0.29) is 17.4 Å². The van der Waals surface area contributed by atoms with Gasteiger partial charge in [0.2, 0.25) is 0 Å². The molecule has 0 fully saturated rings. The van der Waals surface area contributed by atoms with Crippen LogP contribution in [0.25, 0.3) is 5.69 Å². The fourth-order valence-electron chi connectivity index (χ4n) is 2.21. The summed E-state index contributed by atoms with van der Waals surface area (Å²) in [7, 11) is 0. The van der Waals surface area contributed by atoms with Gasteiger partial charge in [0.05, 0.1) is 5.69 Å². The van der Waals surface area contributed by atoms with Crippen LogP contribution in [0, 0.1) is 17.1 Å². The number of halogens is 1. The number of nitriles is 1. The predicted octanol–water partition coefficient (Wildman–Crippen LogP) is 3.18. The maximum atomic E-state index is 13.9. The Labute approximate surface area is 111 Å². The number of hydrogen-bond donors (Lipinski definition) is 0. The van der Waals surface area contributed by atoms with E-state index in [1.807, 2.05) is 19.9 Å². The summed E-state index contributed by atoms with van der Waals surface area (Å²) in [4.78, 5) is 0. The molecular formula is C14H15FN4. The van der Waals surface area contributed by atoms with E-state index in [1.165, 1.54) is 10.7 Å². The molecule has 0 spiro atoms. The first-order valence-electron chi connectivity index (χ1n) is 6.33. The van der Waals surface area contributed by atoms with Crippen molar-refractivity contribution >= 4 is 0 Å². The van der Waals surface area contributed by atoms with Crippen LogP contribution in [0.15, 0.2) is 24.3 Å². The van der Waals surface area contributed by atoms with Gasteiger partial charge in [-0.2, -0.15) is 5.26 Å². The third kappa shape index (κ3) is 2.34. The van der Waals surface area contributed by atoms with Crippen LogP contribution >= 0.6 is 0 Å². The monoisotopic (exact) mass is 258 g/mol. The second-order valence-corrected chi connectivity index (χ2v) is 4.31. The molecule has 0 aliphatic rings. The van der Waals surface area contributed by atoms with E-state index in [4.69, 9.17) is 5.26 Å². The minimum absolute atomic E-state index is 0.143. The fraction of sp³-hybridized carbons (Fsp3) is 0.357. The lowest BCUT2D eigenvalue weighted by Gasteiger charge is -2.14. The van der Waals surface area contributed by atoms with Gasteiger partial charge in [-0.05, 0) is 25.0 Å². The van der Waals surface area contributed by atoms with Gasteiger partial charge in [-0.3, -0.25) is 0 Å². The van der Waals surface area contributed by atoms with Gasteiger partial charge >= 0.3 is 0 Å². The Hall–Kier alpha value is -2.22. The molecule has 0 atom stereocenters. The Balaban J connectivity index is 2.63. The molecule has 4 nitrogen and oxygen atoms in total. The van der Waals surface area contributed by atoms with Crippen LogP contribution in [0.1, 0.15) is 44.0 Å². The van der Waals surface area contributed by atoms with Crippen LogP contribution in [0.5, 0.6) is 0 Å². The molecule has 0 N–H and O–H groups in total. The van der Waals surface area contributed by atoms with E-state index in [2.05, 4.69) is 10.3 Å². The standard InChI is InChI=1S/C14H15FN4/c1-3-10(4-2)14-12(9-16)17-18-19(14)13-8-6-5-7-11(13)15/h5-8,10H,3-4H2,1-2H3. The minimum atomic E-state index is -0.371. The lowest BCUT2D eigenvalue weighted by atomic mass is 9.97. The predicted molar refractivity (Wildman–Crippen MR) is 69.4 cm³/mol. The normalized spacial score (nSPS) is 10.7. The third-order valence-corrected chi connectivity index (χ3v) is 3.26. The second kappa shape index (κ2) is 5.61. The number of nitrogens with zero attached hydrogens (tertiary/aromatic N) is 4. The van der Waals surface area contributed by atoms with Crippen molar-refractivity contribution in [2.75, 3.05) is 0 Å². The van der Waals surface area contributed by atoms with Crippen molar-refractivity contribution < 1.29 is 4.39 Å². The average molecular weight is 258 g/mol. The zero-order chi connectivity index (χ0) is 13.8. The molecule has 19 heavy (non-hydrogen) atoms. The Morgan fingerprint density at radius 1 is 1.32 bits per heavy atom. The highest BCUT2D eigenvalue weighted by molar-refractivity contribution is 5.39. The first-order chi connectivity index (χ1) is 9.22. The molecule has 2 rings (SSSR count). The summed E-state index contributed by atoms with van der Waals surface area (Å²) < 4.78 is 15.3. The lowest BCUT2D eigenvalue weighted by Crippen LogP contribution is -2.09. The van der Waals surface area contributed by atoms with E-state index in [0.29, 0.717) is 11.4 Å². The molecule has 0 saturated heterocycles. The first-order valence-corrected chi connectivity index (χ1v) is 6.33. The molecule has 0 aliphatic carbocycles. The Kier molecular flexibility index (Phi) is 3.91. The SMILES string of the molecule is CCC(CC)c1c(C#N)nnn1-c1ccccc1F. The van der Waals surface area contributed by atoms with E-state index in [1.54, 1.807) is 18.2 Å². The van der Waals surface area contributed by atoms with Gasteiger partial charge in [0.1, 0.15) is 17.6 Å². The van der Waals surface area contributed by atoms with E-state index in [0.717, 1.165) is 12.8 Å². The van der Waals surface area contributed by atoms with Crippen LogP contribution < -0.4 is 0 Å². The summed E-state index contributed by atoms with van der Waals surface area (Å²) in [5, 5.41) is 16.9. The van der Waals surface area contributed by atoms with Crippen molar-refractivity contribution in [2.24, 2.45) is 0 Å². The molecule has 0 amide bonds. The van der Waals surface area contributed by atoms with Gasteiger partial charge in [-0.25, -0.2) is 9.07 Å². The van der Waals surface area contributed by atoms with Gasteiger partial charge in [-0.15, -0.1) is 5.10 Å². The van der Waals surface area contributed by atoms with Crippen molar-refractivity contribution in [3.63, 3.8) is 0 Å². The molecule has 1 aromatic heterocycles. The van der Waals surface area contributed by atoms with E-state index >= 15 is 0 Å². The summed E-state index contributed by atoms with van der Waals surface area (Å²) in [6, 6.07) is 8.41. The number of aromatic nitrogens is 3. The molecule has 0 bridgehead atoms. The Bertz CT molecular complexity index is 608. The number of hydrogen-bond acceptors (Lipinski definition) is 3. The average Bonchev–Trinajstić information content (AvgIpc) is 2.85. The quantitative estimate of drug-likeness (QED) is 0.846. The summed E-state index contributed by atoms with van der Waals surface area (Å²) in [5.74, 6) is -0.228. The molecule has 98 valence electrons. The van der Waals surface area contributed by atoms with Crippen LogP contribution in [-0.4, -0.2) is 15.0 Å². The molecule has 5 heteroatoms. The highest BCUT2D eigenvalue weighted by atomic mass is 19.1. The summed E-state index contributed by atoms with van der Waals surface area (Å²) in [6.45, 7) is 4.07. The Morgan fingerprint density at radius 2 is 2.00 bits per heavy atom. The third-order valence-electron chi connectivity index (χ3n) is 3.26. The van der Waals surface area contributed by atoms with Gasteiger partial charge < -0.3 is 0 Å². The number of rotatable bonds is 4.